The van der Waals surface area contributed by atoms with Gasteiger partial charge in [0, 0.05) is 13.1 Å². The smallest absolute Gasteiger partial charge is 0.314 e. The van der Waals surface area contributed by atoms with Crippen LogP contribution in [0.1, 0.15) is 110 Å². The number of carbonyl (C=O) groups excluding carboxylic acids is 1. The molecular formula is C20H42N2O. The van der Waals surface area contributed by atoms with Gasteiger partial charge in [0.05, 0.1) is 0 Å². The SMILES string of the molecule is CCCCCCCCCCNC(=O)NCCCCCCCCC. The Morgan fingerprint density at radius 1 is 0.522 bits per heavy atom. The molecule has 0 saturated carbocycles. The van der Waals surface area contributed by atoms with E-state index in [-0.39, 0.29) is 6.03 Å². The van der Waals surface area contributed by atoms with Gasteiger partial charge in [-0.25, -0.2) is 4.79 Å². The summed E-state index contributed by atoms with van der Waals surface area (Å²) in [7, 11) is 0. The van der Waals surface area contributed by atoms with Crippen molar-refractivity contribution >= 4 is 6.03 Å². The fraction of sp³-hybridized carbons (Fsp3) is 0.950. The minimum atomic E-state index is 0.0129. The van der Waals surface area contributed by atoms with Gasteiger partial charge >= 0.3 is 6.03 Å². The summed E-state index contributed by atoms with van der Waals surface area (Å²) in [5.41, 5.74) is 0. The summed E-state index contributed by atoms with van der Waals surface area (Å²) in [6, 6.07) is 0.0129. The van der Waals surface area contributed by atoms with Crippen LogP contribution in [-0.2, 0) is 0 Å². The third-order valence-corrected chi connectivity index (χ3v) is 4.38. The molecule has 23 heavy (non-hydrogen) atoms. The van der Waals surface area contributed by atoms with Crippen LogP contribution in [0.15, 0.2) is 0 Å². The van der Waals surface area contributed by atoms with Crippen molar-refractivity contribution in [3.8, 4) is 0 Å². The minimum Gasteiger partial charge on any atom is -0.338 e. The van der Waals surface area contributed by atoms with E-state index >= 15 is 0 Å². The number of rotatable bonds is 17. The summed E-state index contributed by atoms with van der Waals surface area (Å²) in [6.45, 7) is 6.13. The van der Waals surface area contributed by atoms with E-state index in [0.717, 1.165) is 25.9 Å². The van der Waals surface area contributed by atoms with E-state index in [1.165, 1.54) is 83.5 Å². The van der Waals surface area contributed by atoms with Crippen molar-refractivity contribution in [1.29, 1.82) is 0 Å². The molecule has 138 valence electrons. The minimum absolute atomic E-state index is 0.0129. The molecule has 0 spiro atoms. The van der Waals surface area contributed by atoms with E-state index in [9.17, 15) is 4.79 Å². The van der Waals surface area contributed by atoms with Crippen LogP contribution in [0, 0.1) is 0 Å². The van der Waals surface area contributed by atoms with E-state index < -0.39 is 0 Å². The number of carbonyl (C=O) groups is 1. The van der Waals surface area contributed by atoms with Crippen LogP contribution in [-0.4, -0.2) is 19.1 Å². The van der Waals surface area contributed by atoms with Gasteiger partial charge in [-0.2, -0.15) is 0 Å². The summed E-state index contributed by atoms with van der Waals surface area (Å²) in [5, 5.41) is 5.92. The molecule has 0 aromatic rings. The molecule has 0 aliphatic carbocycles. The lowest BCUT2D eigenvalue weighted by Crippen LogP contribution is -2.36. The second-order valence-electron chi connectivity index (χ2n) is 6.78. The average molecular weight is 327 g/mol. The van der Waals surface area contributed by atoms with Crippen LogP contribution in [0.3, 0.4) is 0 Å². The highest BCUT2D eigenvalue weighted by Gasteiger charge is 1.98. The normalized spacial score (nSPS) is 10.7. The highest BCUT2D eigenvalue weighted by Crippen LogP contribution is 2.08. The first-order valence-corrected chi connectivity index (χ1v) is 10.3. The van der Waals surface area contributed by atoms with Crippen molar-refractivity contribution in [1.82, 2.24) is 10.6 Å². The quantitative estimate of drug-likeness (QED) is 0.308. The Bertz CT molecular complexity index is 244. The molecule has 0 atom stereocenters. The summed E-state index contributed by atoms with van der Waals surface area (Å²) >= 11 is 0. The van der Waals surface area contributed by atoms with Crippen LogP contribution in [0.25, 0.3) is 0 Å². The number of urea groups is 1. The number of hydrogen-bond donors (Lipinski definition) is 2. The highest BCUT2D eigenvalue weighted by atomic mass is 16.2. The molecule has 2 amide bonds. The summed E-state index contributed by atoms with van der Waals surface area (Å²) in [5.74, 6) is 0. The van der Waals surface area contributed by atoms with Crippen molar-refractivity contribution in [2.24, 2.45) is 0 Å². The van der Waals surface area contributed by atoms with Crippen LogP contribution in [0.5, 0.6) is 0 Å². The van der Waals surface area contributed by atoms with E-state index in [1.807, 2.05) is 0 Å². The first kappa shape index (κ1) is 22.3. The molecule has 2 N–H and O–H groups in total. The number of nitrogens with one attached hydrogen (secondary N) is 2. The van der Waals surface area contributed by atoms with E-state index in [4.69, 9.17) is 0 Å². The molecule has 0 saturated heterocycles. The lowest BCUT2D eigenvalue weighted by Gasteiger charge is -2.07. The maximum atomic E-state index is 11.6. The molecular weight excluding hydrogens is 284 g/mol. The second kappa shape index (κ2) is 19.3. The lowest BCUT2D eigenvalue weighted by atomic mass is 10.1. The number of hydrogen-bond acceptors (Lipinski definition) is 1. The third-order valence-electron chi connectivity index (χ3n) is 4.38. The predicted molar refractivity (Wildman–Crippen MR) is 102 cm³/mol. The third kappa shape index (κ3) is 19.2. The van der Waals surface area contributed by atoms with Crippen molar-refractivity contribution in [2.45, 2.75) is 110 Å². The van der Waals surface area contributed by atoms with Gasteiger partial charge < -0.3 is 10.6 Å². The Hall–Kier alpha value is -0.730. The first-order chi connectivity index (χ1) is 11.3. The van der Waals surface area contributed by atoms with Gasteiger partial charge in [0.25, 0.3) is 0 Å². The highest BCUT2D eigenvalue weighted by molar-refractivity contribution is 5.73. The van der Waals surface area contributed by atoms with E-state index in [1.54, 1.807) is 0 Å². The fourth-order valence-corrected chi connectivity index (χ4v) is 2.81. The molecule has 0 unspecified atom stereocenters. The zero-order valence-electron chi connectivity index (χ0n) is 15.9. The Morgan fingerprint density at radius 3 is 1.17 bits per heavy atom. The molecule has 3 heteroatoms. The maximum Gasteiger partial charge on any atom is 0.314 e. The summed E-state index contributed by atoms with van der Waals surface area (Å²) in [4.78, 5) is 11.6. The van der Waals surface area contributed by atoms with E-state index in [2.05, 4.69) is 24.5 Å². The Kier molecular flexibility index (Phi) is 18.7. The van der Waals surface area contributed by atoms with Crippen molar-refractivity contribution < 1.29 is 4.79 Å². The largest absolute Gasteiger partial charge is 0.338 e. The molecule has 0 aromatic heterocycles. The molecule has 0 rings (SSSR count). The molecule has 0 heterocycles. The maximum absolute atomic E-state index is 11.6. The van der Waals surface area contributed by atoms with Crippen LogP contribution >= 0.6 is 0 Å². The molecule has 0 aliphatic rings. The number of unbranched alkanes of at least 4 members (excludes halogenated alkanes) is 13. The second-order valence-corrected chi connectivity index (χ2v) is 6.78. The molecule has 0 radical (unpaired) electrons. The standard InChI is InChI=1S/C20H42N2O/c1-3-5-7-9-11-13-15-17-19-22-20(23)21-18-16-14-12-10-8-6-4-2/h3-19H2,1-2H3,(H2,21,22,23). The molecule has 3 nitrogen and oxygen atoms in total. The average Bonchev–Trinajstić information content (AvgIpc) is 2.56. The molecule has 0 bridgehead atoms. The fourth-order valence-electron chi connectivity index (χ4n) is 2.81. The van der Waals surface area contributed by atoms with Gasteiger partial charge in [-0.1, -0.05) is 97.3 Å². The van der Waals surface area contributed by atoms with Crippen LogP contribution in [0.2, 0.25) is 0 Å². The van der Waals surface area contributed by atoms with Gasteiger partial charge in [-0.15, -0.1) is 0 Å². The van der Waals surface area contributed by atoms with Crippen molar-refractivity contribution in [3.63, 3.8) is 0 Å². The molecule has 0 aliphatic heterocycles. The van der Waals surface area contributed by atoms with Gasteiger partial charge in [0.1, 0.15) is 0 Å². The van der Waals surface area contributed by atoms with E-state index in [0.29, 0.717) is 0 Å². The van der Waals surface area contributed by atoms with Crippen LogP contribution in [0.4, 0.5) is 4.79 Å². The predicted octanol–water partition coefficient (Wildman–Crippen LogP) is 6.18. The van der Waals surface area contributed by atoms with Gasteiger partial charge in [0.2, 0.25) is 0 Å². The monoisotopic (exact) mass is 326 g/mol. The Morgan fingerprint density at radius 2 is 0.826 bits per heavy atom. The number of amides is 2. The topological polar surface area (TPSA) is 41.1 Å². The zero-order chi connectivity index (χ0) is 17.0. The first-order valence-electron chi connectivity index (χ1n) is 10.3. The van der Waals surface area contributed by atoms with Crippen LogP contribution < -0.4 is 10.6 Å². The molecule has 0 fully saturated rings. The molecule has 0 aromatic carbocycles. The van der Waals surface area contributed by atoms with Gasteiger partial charge in [-0.05, 0) is 12.8 Å². The lowest BCUT2D eigenvalue weighted by molar-refractivity contribution is 0.240. The van der Waals surface area contributed by atoms with Crippen molar-refractivity contribution in [2.75, 3.05) is 13.1 Å². The van der Waals surface area contributed by atoms with Gasteiger partial charge in [0.15, 0.2) is 0 Å². The van der Waals surface area contributed by atoms with Gasteiger partial charge in [-0.3, -0.25) is 0 Å². The Balaban J connectivity index is 3.13. The van der Waals surface area contributed by atoms with Crippen molar-refractivity contribution in [3.05, 3.63) is 0 Å². The summed E-state index contributed by atoms with van der Waals surface area (Å²) in [6.07, 6.45) is 19.5. The zero-order valence-corrected chi connectivity index (χ0v) is 15.9. The Labute approximate surface area is 145 Å². The summed E-state index contributed by atoms with van der Waals surface area (Å²) < 4.78 is 0.